The lowest BCUT2D eigenvalue weighted by atomic mass is 9.85. The van der Waals surface area contributed by atoms with Crippen LogP contribution in [0.4, 0.5) is 8.78 Å². The molecule has 1 aromatic carbocycles. The van der Waals surface area contributed by atoms with Crippen molar-refractivity contribution in [3.63, 3.8) is 0 Å². The average Bonchev–Trinajstić information content (AvgIpc) is 3.18. The number of rotatable bonds is 5. The number of aliphatic imine (C=N–C) groups is 1. The summed E-state index contributed by atoms with van der Waals surface area (Å²) < 4.78 is 32.3. The van der Waals surface area contributed by atoms with E-state index in [0.717, 1.165) is 18.2 Å². The summed E-state index contributed by atoms with van der Waals surface area (Å²) in [6.45, 7) is 3.39. The van der Waals surface area contributed by atoms with Crippen molar-refractivity contribution in [3.8, 4) is 0 Å². The highest BCUT2D eigenvalue weighted by molar-refractivity contribution is 7.78. The molecule has 1 atom stereocenters. The second-order valence-corrected chi connectivity index (χ2v) is 5.54. The third-order valence-corrected chi connectivity index (χ3v) is 3.44. The summed E-state index contributed by atoms with van der Waals surface area (Å²) in [5, 5.41) is 2.18. The molecule has 1 aliphatic rings. The molecular formula is C15H15F2NO2S. The van der Waals surface area contributed by atoms with Crippen LogP contribution in [0, 0.1) is 17.6 Å². The van der Waals surface area contributed by atoms with Crippen molar-refractivity contribution in [1.29, 1.82) is 0 Å². The van der Waals surface area contributed by atoms with Gasteiger partial charge in [-0.3, -0.25) is 0 Å². The van der Waals surface area contributed by atoms with Crippen molar-refractivity contribution >= 4 is 23.3 Å². The molecule has 1 aromatic rings. The number of nitrogens with zero attached hydrogens (tertiary/aromatic N) is 1. The molecule has 0 aromatic heterocycles. The zero-order chi connectivity index (χ0) is 15.6. The molecule has 0 spiro atoms. The molecule has 0 radical (unpaired) electrons. The minimum atomic E-state index is -1.50. The SMILES string of the molecule is CC(C)OC(=O)[C@](N=C=S)(c1cc(F)cc(F)c1)C1CC1. The van der Waals surface area contributed by atoms with Crippen LogP contribution in [-0.4, -0.2) is 17.2 Å². The number of isothiocyanates is 1. The molecule has 0 bridgehead atoms. The number of thiocarbonyl (C=S) groups is 1. The van der Waals surface area contributed by atoms with Crippen molar-refractivity contribution in [2.75, 3.05) is 0 Å². The summed E-state index contributed by atoms with van der Waals surface area (Å²) in [6.07, 6.45) is 1.06. The molecule has 1 fully saturated rings. The molecule has 0 heterocycles. The highest BCUT2D eigenvalue weighted by Crippen LogP contribution is 2.49. The van der Waals surface area contributed by atoms with Crippen LogP contribution >= 0.6 is 12.2 Å². The normalized spacial score (nSPS) is 17.0. The van der Waals surface area contributed by atoms with Crippen molar-refractivity contribution in [2.24, 2.45) is 10.9 Å². The number of carbonyl (C=O) groups excluding carboxylic acids is 1. The fourth-order valence-corrected chi connectivity index (χ4v) is 2.52. The number of carbonyl (C=O) groups is 1. The van der Waals surface area contributed by atoms with Crippen LogP contribution in [0.2, 0.25) is 0 Å². The van der Waals surface area contributed by atoms with Crippen molar-refractivity contribution in [3.05, 3.63) is 35.4 Å². The largest absolute Gasteiger partial charge is 0.461 e. The molecule has 0 unspecified atom stereocenters. The maximum atomic E-state index is 13.5. The summed E-state index contributed by atoms with van der Waals surface area (Å²) >= 11 is 4.63. The van der Waals surface area contributed by atoms with Crippen LogP contribution in [0.25, 0.3) is 0 Å². The number of ether oxygens (including phenoxy) is 1. The molecule has 1 aliphatic carbocycles. The van der Waals surface area contributed by atoms with Crippen LogP contribution in [-0.2, 0) is 15.1 Å². The molecule has 112 valence electrons. The fourth-order valence-electron chi connectivity index (χ4n) is 2.37. The van der Waals surface area contributed by atoms with Crippen LogP contribution < -0.4 is 0 Å². The Morgan fingerprint density at radius 3 is 2.38 bits per heavy atom. The van der Waals surface area contributed by atoms with E-state index in [-0.39, 0.29) is 17.6 Å². The first-order valence-corrected chi connectivity index (χ1v) is 7.07. The Balaban J connectivity index is 2.58. The first kappa shape index (κ1) is 15.7. The zero-order valence-electron chi connectivity index (χ0n) is 11.7. The summed E-state index contributed by atoms with van der Waals surface area (Å²) in [5.74, 6) is -2.37. The monoisotopic (exact) mass is 311 g/mol. The zero-order valence-corrected chi connectivity index (χ0v) is 12.5. The number of benzene rings is 1. The van der Waals surface area contributed by atoms with Gasteiger partial charge in [0, 0.05) is 12.0 Å². The minimum absolute atomic E-state index is 0.116. The topological polar surface area (TPSA) is 38.7 Å². The van der Waals surface area contributed by atoms with Crippen LogP contribution in [0.5, 0.6) is 0 Å². The fraction of sp³-hybridized carbons (Fsp3) is 0.467. The van der Waals surface area contributed by atoms with Crippen molar-refractivity contribution in [1.82, 2.24) is 0 Å². The Kier molecular flexibility index (Phi) is 4.49. The minimum Gasteiger partial charge on any atom is -0.461 e. The van der Waals surface area contributed by atoms with Gasteiger partial charge in [0.25, 0.3) is 0 Å². The predicted octanol–water partition coefficient (Wildman–Crippen LogP) is 3.62. The molecule has 3 nitrogen and oxygen atoms in total. The Morgan fingerprint density at radius 1 is 1.38 bits per heavy atom. The molecule has 0 saturated heterocycles. The van der Waals surface area contributed by atoms with E-state index in [1.807, 2.05) is 0 Å². The standard InChI is InChI=1S/C15H15F2NO2S/c1-9(2)20-14(19)15(18-8-21,10-3-4-10)11-5-12(16)7-13(17)6-11/h5-7,9-10H,3-4H2,1-2H3/t15-/m1/s1. The van der Waals surface area contributed by atoms with Gasteiger partial charge in [0.05, 0.1) is 11.3 Å². The van der Waals surface area contributed by atoms with E-state index >= 15 is 0 Å². The van der Waals surface area contributed by atoms with Crippen molar-refractivity contribution in [2.45, 2.75) is 38.3 Å². The smallest absolute Gasteiger partial charge is 0.340 e. The van der Waals surface area contributed by atoms with Crippen molar-refractivity contribution < 1.29 is 18.3 Å². The van der Waals surface area contributed by atoms with Gasteiger partial charge in [0.15, 0.2) is 5.54 Å². The Bertz CT molecular complexity index is 589. The molecule has 1 saturated carbocycles. The Hall–Kier alpha value is -1.65. The summed E-state index contributed by atoms with van der Waals surface area (Å²) in [6, 6.07) is 2.94. The lowest BCUT2D eigenvalue weighted by Gasteiger charge is -2.28. The van der Waals surface area contributed by atoms with Gasteiger partial charge >= 0.3 is 5.97 Å². The van der Waals surface area contributed by atoms with Gasteiger partial charge in [-0.25, -0.2) is 18.6 Å². The number of hydrogen-bond acceptors (Lipinski definition) is 4. The van der Waals surface area contributed by atoms with Crippen LogP contribution in [0.3, 0.4) is 0 Å². The highest BCUT2D eigenvalue weighted by atomic mass is 32.1. The van der Waals surface area contributed by atoms with E-state index in [2.05, 4.69) is 22.4 Å². The first-order chi connectivity index (χ1) is 9.90. The summed E-state index contributed by atoms with van der Waals surface area (Å²) in [5.41, 5.74) is -1.39. The molecule has 2 rings (SSSR count). The van der Waals surface area contributed by atoms with E-state index in [9.17, 15) is 13.6 Å². The number of halogens is 2. The lowest BCUT2D eigenvalue weighted by Crippen LogP contribution is -2.39. The van der Waals surface area contributed by atoms with E-state index in [4.69, 9.17) is 4.74 Å². The number of esters is 1. The quantitative estimate of drug-likeness (QED) is 0.473. The first-order valence-electron chi connectivity index (χ1n) is 6.67. The third-order valence-electron chi connectivity index (χ3n) is 3.35. The van der Waals surface area contributed by atoms with Gasteiger partial charge in [0.2, 0.25) is 0 Å². The molecule has 6 heteroatoms. The van der Waals surface area contributed by atoms with Gasteiger partial charge in [-0.2, -0.15) is 0 Å². The second-order valence-electron chi connectivity index (χ2n) is 5.36. The average molecular weight is 311 g/mol. The van der Waals surface area contributed by atoms with E-state index < -0.39 is 23.1 Å². The van der Waals surface area contributed by atoms with E-state index in [1.54, 1.807) is 13.8 Å². The van der Waals surface area contributed by atoms with Crippen LogP contribution in [0.15, 0.2) is 23.2 Å². The summed E-state index contributed by atoms with van der Waals surface area (Å²) in [4.78, 5) is 16.5. The van der Waals surface area contributed by atoms with Gasteiger partial charge < -0.3 is 4.74 Å². The second kappa shape index (κ2) is 6.00. The Labute approximate surface area is 127 Å². The molecular weight excluding hydrogens is 296 g/mol. The molecule has 0 N–H and O–H groups in total. The van der Waals surface area contributed by atoms with Gasteiger partial charge in [-0.05, 0) is 56.6 Å². The maximum absolute atomic E-state index is 13.5. The van der Waals surface area contributed by atoms with Gasteiger partial charge in [-0.1, -0.05) is 0 Å². The molecule has 21 heavy (non-hydrogen) atoms. The molecule has 0 amide bonds. The maximum Gasteiger partial charge on any atom is 0.340 e. The highest BCUT2D eigenvalue weighted by Gasteiger charge is 2.54. The van der Waals surface area contributed by atoms with E-state index in [0.29, 0.717) is 12.8 Å². The Morgan fingerprint density at radius 2 is 1.95 bits per heavy atom. The van der Waals surface area contributed by atoms with Gasteiger partial charge in [-0.15, -0.1) is 0 Å². The number of hydrogen-bond donors (Lipinski definition) is 0. The summed E-state index contributed by atoms with van der Waals surface area (Å²) in [7, 11) is 0. The van der Waals surface area contributed by atoms with Gasteiger partial charge in [0.1, 0.15) is 11.6 Å². The van der Waals surface area contributed by atoms with E-state index in [1.165, 1.54) is 0 Å². The lowest BCUT2D eigenvalue weighted by molar-refractivity contribution is -0.155. The predicted molar refractivity (Wildman–Crippen MR) is 77.0 cm³/mol. The third kappa shape index (κ3) is 3.17. The van der Waals surface area contributed by atoms with Crippen LogP contribution in [0.1, 0.15) is 32.3 Å². The molecule has 0 aliphatic heterocycles.